The van der Waals surface area contributed by atoms with Crippen molar-refractivity contribution in [3.05, 3.63) is 58.1 Å². The lowest BCUT2D eigenvalue weighted by atomic mass is 10.2. The lowest BCUT2D eigenvalue weighted by molar-refractivity contribution is -0.123. The summed E-state index contributed by atoms with van der Waals surface area (Å²) in [4.78, 5) is 11.7. The number of nitrogens with zero attached hydrogens (tertiary/aromatic N) is 2. The standard InChI is InChI=1S/C17H14BrN3O3/c1-23-16-7-4-14(18)8-13(16)10-20-21-17(22)11-24-15-5-2-12(9-19)3-6-15/h2-8,10H,11H2,1H3,(H,21,22)/b20-10+. The molecular formula is C17H14BrN3O3. The fourth-order valence-electron chi connectivity index (χ4n) is 1.79. The summed E-state index contributed by atoms with van der Waals surface area (Å²) in [5.74, 6) is 0.747. The maximum atomic E-state index is 11.7. The van der Waals surface area contributed by atoms with Gasteiger partial charge in [-0.1, -0.05) is 15.9 Å². The first-order valence-electron chi connectivity index (χ1n) is 6.91. The van der Waals surface area contributed by atoms with E-state index in [0.29, 0.717) is 17.1 Å². The molecule has 1 N–H and O–H groups in total. The van der Waals surface area contributed by atoms with Gasteiger partial charge in [0.15, 0.2) is 6.61 Å². The lowest BCUT2D eigenvalue weighted by Crippen LogP contribution is -2.24. The van der Waals surface area contributed by atoms with Gasteiger partial charge >= 0.3 is 0 Å². The second kappa shape index (κ2) is 8.70. The molecule has 24 heavy (non-hydrogen) atoms. The van der Waals surface area contributed by atoms with Crippen molar-refractivity contribution in [2.45, 2.75) is 0 Å². The van der Waals surface area contributed by atoms with Gasteiger partial charge in [-0.2, -0.15) is 10.4 Å². The van der Waals surface area contributed by atoms with E-state index in [1.807, 2.05) is 18.2 Å². The van der Waals surface area contributed by atoms with E-state index in [-0.39, 0.29) is 6.61 Å². The molecular weight excluding hydrogens is 374 g/mol. The van der Waals surface area contributed by atoms with Crippen LogP contribution in [0.3, 0.4) is 0 Å². The van der Waals surface area contributed by atoms with Crippen LogP contribution in [0.5, 0.6) is 11.5 Å². The van der Waals surface area contributed by atoms with Gasteiger partial charge in [0.25, 0.3) is 5.91 Å². The number of nitrogens with one attached hydrogen (secondary N) is 1. The average Bonchev–Trinajstić information content (AvgIpc) is 2.60. The van der Waals surface area contributed by atoms with E-state index in [1.54, 1.807) is 37.4 Å². The summed E-state index contributed by atoms with van der Waals surface area (Å²) in [5.41, 5.74) is 3.63. The van der Waals surface area contributed by atoms with Crippen LogP contribution in [-0.4, -0.2) is 25.8 Å². The van der Waals surface area contributed by atoms with Crippen LogP contribution >= 0.6 is 15.9 Å². The molecule has 2 aromatic rings. The zero-order valence-corrected chi connectivity index (χ0v) is 14.4. The second-order valence-electron chi connectivity index (χ2n) is 4.60. The molecule has 7 heteroatoms. The molecule has 0 spiro atoms. The molecule has 1 amide bonds. The highest BCUT2D eigenvalue weighted by Gasteiger charge is 2.03. The van der Waals surface area contributed by atoms with Crippen molar-refractivity contribution in [1.82, 2.24) is 5.43 Å². The number of rotatable bonds is 6. The van der Waals surface area contributed by atoms with Crippen LogP contribution in [0.2, 0.25) is 0 Å². The number of hydrogen-bond acceptors (Lipinski definition) is 5. The highest BCUT2D eigenvalue weighted by atomic mass is 79.9. The van der Waals surface area contributed by atoms with E-state index in [4.69, 9.17) is 14.7 Å². The minimum Gasteiger partial charge on any atom is -0.496 e. The molecule has 0 radical (unpaired) electrons. The van der Waals surface area contributed by atoms with Crippen LogP contribution in [-0.2, 0) is 4.79 Å². The van der Waals surface area contributed by atoms with Crippen molar-refractivity contribution in [1.29, 1.82) is 5.26 Å². The molecule has 0 aliphatic carbocycles. The number of benzene rings is 2. The fourth-order valence-corrected chi connectivity index (χ4v) is 2.17. The van der Waals surface area contributed by atoms with Gasteiger partial charge in [-0.25, -0.2) is 5.43 Å². The topological polar surface area (TPSA) is 83.7 Å². The van der Waals surface area contributed by atoms with Crippen molar-refractivity contribution < 1.29 is 14.3 Å². The Morgan fingerprint density at radius 2 is 2.08 bits per heavy atom. The number of nitriles is 1. The molecule has 2 aromatic carbocycles. The Kier molecular flexibility index (Phi) is 6.34. The number of amides is 1. The van der Waals surface area contributed by atoms with Crippen LogP contribution in [0.25, 0.3) is 0 Å². The number of methoxy groups -OCH3 is 1. The van der Waals surface area contributed by atoms with Crippen molar-refractivity contribution in [2.75, 3.05) is 13.7 Å². The minimum absolute atomic E-state index is 0.182. The van der Waals surface area contributed by atoms with Crippen LogP contribution in [0.15, 0.2) is 52.0 Å². The molecule has 0 fully saturated rings. The van der Waals surface area contributed by atoms with Gasteiger partial charge in [0, 0.05) is 10.0 Å². The SMILES string of the molecule is COc1ccc(Br)cc1/C=N/NC(=O)COc1ccc(C#N)cc1. The largest absolute Gasteiger partial charge is 0.496 e. The lowest BCUT2D eigenvalue weighted by Gasteiger charge is -2.06. The quantitative estimate of drug-likeness (QED) is 0.609. The molecule has 6 nitrogen and oxygen atoms in total. The van der Waals surface area contributed by atoms with E-state index in [0.717, 1.165) is 10.0 Å². The molecule has 0 saturated carbocycles. The van der Waals surface area contributed by atoms with Gasteiger partial charge in [0.1, 0.15) is 11.5 Å². The molecule has 122 valence electrons. The Labute approximate surface area is 147 Å². The van der Waals surface area contributed by atoms with E-state index in [2.05, 4.69) is 26.5 Å². The zero-order valence-electron chi connectivity index (χ0n) is 12.8. The maximum Gasteiger partial charge on any atom is 0.277 e. The summed E-state index contributed by atoms with van der Waals surface area (Å²) >= 11 is 3.36. The van der Waals surface area contributed by atoms with E-state index in [1.165, 1.54) is 6.21 Å². The molecule has 0 aliphatic heterocycles. The number of carbonyl (C=O) groups excluding carboxylic acids is 1. The molecule has 0 bridgehead atoms. The van der Waals surface area contributed by atoms with Crippen molar-refractivity contribution in [2.24, 2.45) is 5.10 Å². The molecule has 2 rings (SSSR count). The first-order valence-corrected chi connectivity index (χ1v) is 7.70. The normalized spacial score (nSPS) is 10.2. The van der Waals surface area contributed by atoms with Crippen molar-refractivity contribution in [3.8, 4) is 17.6 Å². The summed E-state index contributed by atoms with van der Waals surface area (Å²) in [5, 5.41) is 12.6. The van der Waals surface area contributed by atoms with Gasteiger partial charge in [-0.3, -0.25) is 4.79 Å². The third-order valence-corrected chi connectivity index (χ3v) is 3.43. The Hall–Kier alpha value is -2.85. The third-order valence-electron chi connectivity index (χ3n) is 2.94. The number of carbonyl (C=O) groups is 1. The summed E-state index contributed by atoms with van der Waals surface area (Å²) in [6.07, 6.45) is 1.49. The Morgan fingerprint density at radius 1 is 1.33 bits per heavy atom. The molecule has 0 atom stereocenters. The predicted molar refractivity (Wildman–Crippen MR) is 93.1 cm³/mol. The molecule has 0 saturated heterocycles. The summed E-state index contributed by atoms with van der Waals surface area (Å²) in [7, 11) is 1.56. The monoisotopic (exact) mass is 387 g/mol. The molecule has 0 aliphatic rings. The minimum atomic E-state index is -0.399. The Bertz CT molecular complexity index is 783. The van der Waals surface area contributed by atoms with E-state index >= 15 is 0 Å². The van der Waals surface area contributed by atoms with Crippen LogP contribution < -0.4 is 14.9 Å². The van der Waals surface area contributed by atoms with Gasteiger partial charge in [-0.05, 0) is 42.5 Å². The highest BCUT2D eigenvalue weighted by Crippen LogP contribution is 2.21. The maximum absolute atomic E-state index is 11.7. The van der Waals surface area contributed by atoms with Crippen LogP contribution in [0, 0.1) is 11.3 Å². The zero-order chi connectivity index (χ0) is 17.4. The summed E-state index contributed by atoms with van der Waals surface area (Å²) in [6, 6.07) is 14.0. The van der Waals surface area contributed by atoms with Crippen LogP contribution in [0.1, 0.15) is 11.1 Å². The highest BCUT2D eigenvalue weighted by molar-refractivity contribution is 9.10. The Balaban J connectivity index is 1.86. The van der Waals surface area contributed by atoms with Crippen molar-refractivity contribution >= 4 is 28.1 Å². The van der Waals surface area contributed by atoms with E-state index in [9.17, 15) is 4.79 Å². The number of ether oxygens (including phenoxy) is 2. The van der Waals surface area contributed by atoms with Crippen molar-refractivity contribution in [3.63, 3.8) is 0 Å². The smallest absolute Gasteiger partial charge is 0.277 e. The molecule has 0 heterocycles. The van der Waals surface area contributed by atoms with Gasteiger partial charge in [0.2, 0.25) is 0 Å². The van der Waals surface area contributed by atoms with Gasteiger partial charge in [0.05, 0.1) is 25.0 Å². The fraction of sp³-hybridized carbons (Fsp3) is 0.118. The first-order chi connectivity index (χ1) is 11.6. The van der Waals surface area contributed by atoms with Gasteiger partial charge in [-0.15, -0.1) is 0 Å². The Morgan fingerprint density at radius 3 is 2.75 bits per heavy atom. The van der Waals surface area contributed by atoms with E-state index < -0.39 is 5.91 Å². The number of hydrogen-bond donors (Lipinski definition) is 1. The third kappa shape index (κ3) is 5.11. The summed E-state index contributed by atoms with van der Waals surface area (Å²) < 4.78 is 11.4. The van der Waals surface area contributed by atoms with Crippen LogP contribution in [0.4, 0.5) is 0 Å². The molecule has 0 unspecified atom stereocenters. The van der Waals surface area contributed by atoms with Gasteiger partial charge < -0.3 is 9.47 Å². The predicted octanol–water partition coefficient (Wildman–Crippen LogP) is 2.86. The first kappa shape index (κ1) is 17.5. The number of halogens is 1. The average molecular weight is 388 g/mol. The number of hydrazone groups is 1. The second-order valence-corrected chi connectivity index (χ2v) is 5.52. The summed E-state index contributed by atoms with van der Waals surface area (Å²) in [6.45, 7) is -0.182. The molecule has 0 aromatic heterocycles.